The lowest BCUT2D eigenvalue weighted by Crippen LogP contribution is -2.53. The third kappa shape index (κ3) is 7.86. The summed E-state index contributed by atoms with van der Waals surface area (Å²) in [5.41, 5.74) is 1.01. The highest BCUT2D eigenvalue weighted by Gasteiger charge is 2.32. The van der Waals surface area contributed by atoms with Crippen LogP contribution in [0.5, 0.6) is 5.75 Å². The number of amides is 2. The van der Waals surface area contributed by atoms with Gasteiger partial charge < -0.3 is 15.0 Å². The number of anilines is 1. The van der Waals surface area contributed by atoms with Gasteiger partial charge in [0.1, 0.15) is 18.3 Å². The Labute approximate surface area is 213 Å². The lowest BCUT2D eigenvalue weighted by atomic mass is 10.1. The van der Waals surface area contributed by atoms with Gasteiger partial charge in [-0.15, -0.1) is 0 Å². The van der Waals surface area contributed by atoms with Crippen LogP contribution in [0.1, 0.15) is 39.2 Å². The van der Waals surface area contributed by atoms with Crippen LogP contribution in [0.3, 0.4) is 0 Å². The summed E-state index contributed by atoms with van der Waals surface area (Å²) in [6, 6.07) is 12.7. The van der Waals surface area contributed by atoms with Crippen molar-refractivity contribution in [1.29, 1.82) is 0 Å². The predicted octanol–water partition coefficient (Wildman–Crippen LogP) is 3.84. The number of rotatable bonds is 12. The van der Waals surface area contributed by atoms with Gasteiger partial charge >= 0.3 is 0 Å². The number of para-hydroxylation sites is 2. The Hall–Kier alpha value is -2.78. The van der Waals surface area contributed by atoms with E-state index in [9.17, 15) is 18.0 Å². The first-order valence-corrected chi connectivity index (χ1v) is 13.7. The molecule has 2 aromatic carbocycles. The number of nitrogens with one attached hydrogen (secondary N) is 1. The van der Waals surface area contributed by atoms with Crippen LogP contribution >= 0.6 is 11.6 Å². The molecule has 2 amide bonds. The van der Waals surface area contributed by atoms with Crippen molar-refractivity contribution in [2.75, 3.05) is 24.2 Å². The fraction of sp³-hybridized carbons (Fsp3) is 0.440. The largest absolute Gasteiger partial charge is 0.495 e. The van der Waals surface area contributed by atoms with Crippen LogP contribution in [0.2, 0.25) is 5.02 Å². The van der Waals surface area contributed by atoms with Crippen molar-refractivity contribution in [2.24, 2.45) is 0 Å². The maximum atomic E-state index is 13.7. The Morgan fingerprint density at radius 1 is 1.06 bits per heavy atom. The minimum atomic E-state index is -3.85. The first-order chi connectivity index (χ1) is 16.5. The SMILES string of the molecule is CCC(C)NC(=O)C(CC)N(Cc1ccc(Cl)cc1)C(=O)CN(c1ccccc1OC)S(C)(=O)=O. The van der Waals surface area contributed by atoms with Gasteiger partial charge in [-0.3, -0.25) is 13.9 Å². The summed E-state index contributed by atoms with van der Waals surface area (Å²) in [6.45, 7) is 5.30. The molecule has 0 bridgehead atoms. The molecule has 1 N–H and O–H groups in total. The normalized spacial score (nSPS) is 13.0. The number of carbonyl (C=O) groups excluding carboxylic acids is 2. The fourth-order valence-corrected chi connectivity index (χ4v) is 4.56. The Morgan fingerprint density at radius 3 is 2.23 bits per heavy atom. The molecule has 0 fully saturated rings. The van der Waals surface area contributed by atoms with E-state index in [1.54, 1.807) is 48.5 Å². The number of carbonyl (C=O) groups is 2. The average molecular weight is 524 g/mol. The summed E-state index contributed by atoms with van der Waals surface area (Å²) in [5.74, 6) is -0.480. The molecule has 2 atom stereocenters. The molecule has 2 rings (SSSR count). The third-order valence-electron chi connectivity index (χ3n) is 5.69. The number of ether oxygens (including phenoxy) is 1. The van der Waals surface area contributed by atoms with Crippen molar-refractivity contribution in [1.82, 2.24) is 10.2 Å². The molecule has 0 saturated carbocycles. The fourth-order valence-electron chi connectivity index (χ4n) is 3.58. The van der Waals surface area contributed by atoms with Crippen LogP contribution in [0, 0.1) is 0 Å². The molecule has 0 spiro atoms. The predicted molar refractivity (Wildman–Crippen MR) is 139 cm³/mol. The number of hydrogen-bond donors (Lipinski definition) is 1. The van der Waals surface area contributed by atoms with Crippen LogP contribution in [0.4, 0.5) is 5.69 Å². The summed E-state index contributed by atoms with van der Waals surface area (Å²) in [5, 5.41) is 3.49. The first kappa shape index (κ1) is 28.5. The topological polar surface area (TPSA) is 96.0 Å². The van der Waals surface area contributed by atoms with Crippen molar-refractivity contribution in [2.45, 2.75) is 52.2 Å². The van der Waals surface area contributed by atoms with E-state index in [1.165, 1.54) is 12.0 Å². The summed E-state index contributed by atoms with van der Waals surface area (Å²) in [4.78, 5) is 28.2. The molecular formula is C25H34ClN3O5S. The number of halogens is 1. The molecule has 0 heterocycles. The molecule has 8 nitrogen and oxygen atoms in total. The highest BCUT2D eigenvalue weighted by Crippen LogP contribution is 2.29. The van der Waals surface area contributed by atoms with Gasteiger partial charge in [-0.2, -0.15) is 0 Å². The van der Waals surface area contributed by atoms with Gasteiger partial charge in [0.25, 0.3) is 0 Å². The van der Waals surface area contributed by atoms with Gasteiger partial charge in [-0.1, -0.05) is 49.7 Å². The zero-order valence-electron chi connectivity index (χ0n) is 20.8. The molecule has 0 aromatic heterocycles. The molecule has 0 aliphatic heterocycles. The Morgan fingerprint density at radius 2 is 1.69 bits per heavy atom. The molecule has 0 aliphatic rings. The average Bonchev–Trinajstić information content (AvgIpc) is 2.82. The van der Waals surface area contributed by atoms with Gasteiger partial charge in [-0.05, 0) is 49.6 Å². The monoisotopic (exact) mass is 523 g/mol. The highest BCUT2D eigenvalue weighted by molar-refractivity contribution is 7.92. The van der Waals surface area contributed by atoms with Crippen LogP contribution in [0.15, 0.2) is 48.5 Å². The van der Waals surface area contributed by atoms with E-state index in [1.807, 2.05) is 20.8 Å². The number of sulfonamides is 1. The zero-order chi connectivity index (χ0) is 26.2. The Bertz CT molecular complexity index is 1110. The second kappa shape index (κ2) is 12.8. The molecule has 2 unspecified atom stereocenters. The Kier molecular flexibility index (Phi) is 10.4. The summed E-state index contributed by atoms with van der Waals surface area (Å²) >= 11 is 6.01. The van der Waals surface area contributed by atoms with E-state index in [4.69, 9.17) is 16.3 Å². The lowest BCUT2D eigenvalue weighted by molar-refractivity contribution is -0.140. The minimum absolute atomic E-state index is 0.0647. The van der Waals surface area contributed by atoms with Crippen LogP contribution in [-0.2, 0) is 26.2 Å². The number of hydrogen-bond acceptors (Lipinski definition) is 5. The smallest absolute Gasteiger partial charge is 0.244 e. The zero-order valence-corrected chi connectivity index (χ0v) is 22.4. The maximum absolute atomic E-state index is 13.7. The van der Waals surface area contributed by atoms with Crippen molar-refractivity contribution >= 4 is 39.1 Å². The van der Waals surface area contributed by atoms with E-state index >= 15 is 0 Å². The second-order valence-electron chi connectivity index (χ2n) is 8.33. The maximum Gasteiger partial charge on any atom is 0.244 e. The lowest BCUT2D eigenvalue weighted by Gasteiger charge is -2.33. The van der Waals surface area contributed by atoms with Crippen molar-refractivity contribution in [3.63, 3.8) is 0 Å². The van der Waals surface area contributed by atoms with Gasteiger partial charge in [0.2, 0.25) is 21.8 Å². The van der Waals surface area contributed by atoms with Crippen molar-refractivity contribution in [3.8, 4) is 5.75 Å². The molecular weight excluding hydrogens is 490 g/mol. The third-order valence-corrected chi connectivity index (χ3v) is 7.06. The van der Waals surface area contributed by atoms with E-state index in [-0.39, 0.29) is 24.2 Å². The molecule has 192 valence electrons. The molecule has 35 heavy (non-hydrogen) atoms. The van der Waals surface area contributed by atoms with Gasteiger partial charge in [0, 0.05) is 17.6 Å². The molecule has 0 aliphatic carbocycles. The summed E-state index contributed by atoms with van der Waals surface area (Å²) in [7, 11) is -2.41. The van der Waals surface area contributed by atoms with E-state index in [2.05, 4.69) is 5.32 Å². The standard InChI is InChI=1S/C25H34ClN3O5S/c1-6-18(3)27-25(31)21(7-2)28(16-19-12-14-20(26)15-13-19)24(30)17-29(35(5,32)33)22-10-8-9-11-23(22)34-4/h8-15,18,21H,6-7,16-17H2,1-5H3,(H,27,31). The van der Waals surface area contributed by atoms with Crippen LogP contribution < -0.4 is 14.4 Å². The van der Waals surface area contributed by atoms with Crippen molar-refractivity contribution < 1.29 is 22.7 Å². The second-order valence-corrected chi connectivity index (χ2v) is 10.7. The quantitative estimate of drug-likeness (QED) is 0.456. The number of benzene rings is 2. The summed E-state index contributed by atoms with van der Waals surface area (Å²) < 4.78 is 31.8. The van der Waals surface area contributed by atoms with Crippen LogP contribution in [0.25, 0.3) is 0 Å². The van der Waals surface area contributed by atoms with E-state index in [0.717, 1.165) is 22.5 Å². The highest BCUT2D eigenvalue weighted by atomic mass is 35.5. The van der Waals surface area contributed by atoms with Gasteiger partial charge in [0.15, 0.2) is 0 Å². The molecule has 0 saturated heterocycles. The van der Waals surface area contributed by atoms with E-state index < -0.39 is 28.5 Å². The number of methoxy groups -OCH3 is 1. The molecule has 2 aromatic rings. The number of nitrogens with zero attached hydrogens (tertiary/aromatic N) is 2. The Balaban J connectivity index is 2.46. The van der Waals surface area contributed by atoms with Crippen LogP contribution in [-0.4, -0.2) is 57.1 Å². The van der Waals surface area contributed by atoms with E-state index in [0.29, 0.717) is 17.2 Å². The minimum Gasteiger partial charge on any atom is -0.495 e. The van der Waals surface area contributed by atoms with Gasteiger partial charge in [0.05, 0.1) is 19.1 Å². The summed E-state index contributed by atoms with van der Waals surface area (Å²) in [6.07, 6.45) is 2.13. The van der Waals surface area contributed by atoms with Gasteiger partial charge in [-0.25, -0.2) is 8.42 Å². The molecule has 10 heteroatoms. The molecule has 0 radical (unpaired) electrons. The van der Waals surface area contributed by atoms with Crippen molar-refractivity contribution in [3.05, 3.63) is 59.1 Å². The first-order valence-electron chi connectivity index (χ1n) is 11.5.